The van der Waals surface area contributed by atoms with Gasteiger partial charge in [-0.1, -0.05) is 35.4 Å². The molecule has 0 fully saturated rings. The molecule has 0 saturated heterocycles. The van der Waals surface area contributed by atoms with Crippen molar-refractivity contribution < 1.29 is 9.65 Å². The zero-order valence-electron chi connectivity index (χ0n) is 13.7. The Labute approximate surface area is 143 Å². The van der Waals surface area contributed by atoms with Gasteiger partial charge in [0.25, 0.3) is 17.3 Å². The third-order valence-electron chi connectivity index (χ3n) is 3.65. The van der Waals surface area contributed by atoms with Gasteiger partial charge in [-0.3, -0.25) is 15.0 Å². The number of rotatable bonds is 4. The van der Waals surface area contributed by atoms with Gasteiger partial charge < -0.3 is 5.21 Å². The van der Waals surface area contributed by atoms with Crippen LogP contribution in [0.4, 0.5) is 11.5 Å². The quantitative estimate of drug-likeness (QED) is 0.314. The molecule has 126 valence electrons. The number of nitrogens with zero attached hydrogens (tertiary/aromatic N) is 5. The molecule has 0 atom stereocenters. The summed E-state index contributed by atoms with van der Waals surface area (Å²) < 4.78 is 0.691. The van der Waals surface area contributed by atoms with Gasteiger partial charge in [0, 0.05) is 22.8 Å². The first-order chi connectivity index (χ1) is 12.0. The molecule has 3 rings (SSSR count). The lowest BCUT2D eigenvalue weighted by atomic mass is 10.1. The maximum absolute atomic E-state index is 12.9. The van der Waals surface area contributed by atoms with E-state index in [1.54, 1.807) is 19.0 Å². The van der Waals surface area contributed by atoms with Crippen molar-refractivity contribution in [1.29, 1.82) is 0 Å². The second-order valence-corrected chi connectivity index (χ2v) is 5.55. The fourth-order valence-corrected chi connectivity index (χ4v) is 2.46. The summed E-state index contributed by atoms with van der Waals surface area (Å²) in [7, 11) is 3.49. The van der Waals surface area contributed by atoms with E-state index in [0.29, 0.717) is 21.8 Å². The Balaban J connectivity index is 2.14. The van der Waals surface area contributed by atoms with E-state index in [4.69, 9.17) is 0 Å². The molecule has 0 aliphatic heterocycles. The number of nitro groups is 1. The van der Waals surface area contributed by atoms with Gasteiger partial charge in [-0.2, -0.15) is 0 Å². The average Bonchev–Trinajstić information content (AvgIpc) is 2.62. The second kappa shape index (κ2) is 6.52. The molecule has 25 heavy (non-hydrogen) atoms. The Morgan fingerprint density at radius 3 is 2.16 bits per heavy atom. The Bertz CT molecular complexity index is 912. The van der Waals surface area contributed by atoms with Gasteiger partial charge in [-0.25, -0.2) is 4.73 Å². The van der Waals surface area contributed by atoms with Crippen LogP contribution in [0.5, 0.6) is 0 Å². The van der Waals surface area contributed by atoms with E-state index in [1.165, 1.54) is 24.3 Å². The molecule has 0 amide bonds. The smallest absolute Gasteiger partial charge is 0.296 e. The van der Waals surface area contributed by atoms with Gasteiger partial charge in [-0.15, -0.1) is 0 Å². The number of nitro benzene ring substituents is 1. The summed E-state index contributed by atoms with van der Waals surface area (Å²) in [6.45, 7) is 0. The molecule has 0 N–H and O–H groups in total. The van der Waals surface area contributed by atoms with Crippen LogP contribution in [0.15, 0.2) is 54.6 Å². The molecule has 0 aliphatic rings. The monoisotopic (exact) mass is 337 g/mol. The highest BCUT2D eigenvalue weighted by atomic mass is 16.6. The van der Waals surface area contributed by atoms with Gasteiger partial charge in [0.2, 0.25) is 0 Å². The summed E-state index contributed by atoms with van der Waals surface area (Å²) >= 11 is 0. The van der Waals surface area contributed by atoms with E-state index in [1.807, 2.05) is 30.3 Å². The maximum Gasteiger partial charge on any atom is 0.296 e. The molecular weight excluding hydrogens is 322 g/mol. The Morgan fingerprint density at radius 2 is 1.60 bits per heavy atom. The second-order valence-electron chi connectivity index (χ2n) is 5.55. The predicted molar refractivity (Wildman–Crippen MR) is 92.8 cm³/mol. The van der Waals surface area contributed by atoms with Crippen LogP contribution in [-0.2, 0) is 0 Å². The van der Waals surface area contributed by atoms with Crippen LogP contribution >= 0.6 is 0 Å². The summed E-state index contributed by atoms with van der Waals surface area (Å²) in [5, 5.41) is 31.9. The predicted octanol–water partition coefficient (Wildman–Crippen LogP) is 2.42. The van der Waals surface area contributed by atoms with E-state index in [0.717, 1.165) is 5.56 Å². The normalized spacial score (nSPS) is 10.5. The maximum atomic E-state index is 12.9. The third kappa shape index (κ3) is 3.09. The third-order valence-corrected chi connectivity index (χ3v) is 3.65. The number of aromatic nitrogens is 3. The number of hydrogen-bond donors (Lipinski definition) is 0. The topological polar surface area (TPSA) is 99.1 Å². The molecule has 0 radical (unpaired) electrons. The largest absolute Gasteiger partial charge is 0.740 e. The van der Waals surface area contributed by atoms with E-state index < -0.39 is 4.92 Å². The van der Waals surface area contributed by atoms with Crippen molar-refractivity contribution in [1.82, 2.24) is 10.2 Å². The molecule has 0 saturated carbocycles. The molecule has 8 nitrogen and oxygen atoms in total. The molecule has 2 aromatic carbocycles. The summed E-state index contributed by atoms with van der Waals surface area (Å²) in [5.41, 5.74) is 1.64. The fourth-order valence-electron chi connectivity index (χ4n) is 2.46. The molecule has 8 heteroatoms. The number of hydrogen-bond acceptors (Lipinski definition) is 6. The average molecular weight is 337 g/mol. The van der Waals surface area contributed by atoms with E-state index >= 15 is 0 Å². The van der Waals surface area contributed by atoms with Crippen LogP contribution in [-0.4, -0.2) is 29.2 Å². The van der Waals surface area contributed by atoms with Crippen molar-refractivity contribution in [3.05, 3.63) is 69.9 Å². The van der Waals surface area contributed by atoms with Gasteiger partial charge in [-0.05, 0) is 12.1 Å². The number of non-ortho nitro benzene ring substituents is 1. The van der Waals surface area contributed by atoms with Crippen LogP contribution < -0.4 is 9.63 Å². The molecule has 0 bridgehead atoms. The highest BCUT2D eigenvalue weighted by Crippen LogP contribution is 2.26. The van der Waals surface area contributed by atoms with E-state index in [9.17, 15) is 15.3 Å². The van der Waals surface area contributed by atoms with Crippen LogP contribution in [0.2, 0.25) is 0 Å². The Morgan fingerprint density at radius 1 is 0.960 bits per heavy atom. The Hall–Kier alpha value is -3.55. The minimum absolute atomic E-state index is 0.0529. The standard InChI is InChI=1S/C17H15N5O3/c1-20(2)17-15(12-6-4-3-5-7-12)18-19-16(21(17)23)13-8-10-14(11-9-13)22(24)25/h3-11H,1-2H3. The number of benzene rings is 2. The highest BCUT2D eigenvalue weighted by molar-refractivity contribution is 5.70. The SMILES string of the molecule is CN(C)c1c(-c2ccccc2)nnc(-c2ccc([N+](=O)[O-])cc2)[n+]1[O-]. The Kier molecular flexibility index (Phi) is 4.25. The molecule has 1 heterocycles. The number of anilines is 1. The molecule has 1 aromatic heterocycles. The van der Waals surface area contributed by atoms with Crippen LogP contribution in [0.25, 0.3) is 22.6 Å². The zero-order chi connectivity index (χ0) is 18.0. The lowest BCUT2D eigenvalue weighted by molar-refractivity contribution is -0.583. The first-order valence-corrected chi connectivity index (χ1v) is 7.47. The van der Waals surface area contributed by atoms with Gasteiger partial charge in [0.05, 0.1) is 24.6 Å². The van der Waals surface area contributed by atoms with Crippen molar-refractivity contribution in [3.8, 4) is 22.6 Å². The zero-order valence-corrected chi connectivity index (χ0v) is 13.7. The summed E-state index contributed by atoms with van der Waals surface area (Å²) in [6, 6.07) is 14.9. The van der Waals surface area contributed by atoms with E-state index in [2.05, 4.69) is 10.2 Å². The van der Waals surface area contributed by atoms with Crippen LogP contribution in [0, 0.1) is 15.3 Å². The molecule has 0 unspecified atom stereocenters. The van der Waals surface area contributed by atoms with Crippen molar-refractivity contribution in [2.24, 2.45) is 0 Å². The summed E-state index contributed by atoms with van der Waals surface area (Å²) in [4.78, 5) is 11.9. The minimum Gasteiger partial charge on any atom is -0.740 e. The minimum atomic E-state index is -0.496. The summed E-state index contributed by atoms with van der Waals surface area (Å²) in [5.74, 6) is 0.424. The first kappa shape index (κ1) is 16.3. The summed E-state index contributed by atoms with van der Waals surface area (Å²) in [6.07, 6.45) is 0. The lowest BCUT2D eigenvalue weighted by Gasteiger charge is -2.19. The van der Waals surface area contributed by atoms with Gasteiger partial charge >= 0.3 is 0 Å². The van der Waals surface area contributed by atoms with Crippen molar-refractivity contribution in [2.75, 3.05) is 19.0 Å². The van der Waals surface area contributed by atoms with E-state index in [-0.39, 0.29) is 11.5 Å². The van der Waals surface area contributed by atoms with Crippen LogP contribution in [0.1, 0.15) is 0 Å². The first-order valence-electron chi connectivity index (χ1n) is 7.47. The lowest BCUT2D eigenvalue weighted by Crippen LogP contribution is -2.39. The van der Waals surface area contributed by atoms with Crippen molar-refractivity contribution in [2.45, 2.75) is 0 Å². The molecule has 0 spiro atoms. The molecular formula is C17H15N5O3. The van der Waals surface area contributed by atoms with Crippen LogP contribution in [0.3, 0.4) is 0 Å². The molecule has 3 aromatic rings. The van der Waals surface area contributed by atoms with Crippen molar-refractivity contribution >= 4 is 11.5 Å². The van der Waals surface area contributed by atoms with Crippen molar-refractivity contribution in [3.63, 3.8) is 0 Å². The molecule has 0 aliphatic carbocycles. The van der Waals surface area contributed by atoms with Gasteiger partial charge in [0.1, 0.15) is 0 Å². The fraction of sp³-hybridized carbons (Fsp3) is 0.118. The van der Waals surface area contributed by atoms with Gasteiger partial charge in [0.15, 0.2) is 5.69 Å². The highest BCUT2D eigenvalue weighted by Gasteiger charge is 2.22.